The topological polar surface area (TPSA) is 82.5 Å². The molecule has 6 nitrogen and oxygen atoms in total. The number of carboxylic acids is 1. The van der Waals surface area contributed by atoms with Crippen molar-refractivity contribution in [1.82, 2.24) is 10.3 Å². The lowest BCUT2D eigenvalue weighted by Crippen LogP contribution is -2.40. The first-order valence-electron chi connectivity index (χ1n) is 8.47. The summed E-state index contributed by atoms with van der Waals surface area (Å²) in [5.74, 6) is -0.588. The van der Waals surface area contributed by atoms with Gasteiger partial charge in [-0.1, -0.05) is 25.0 Å². The molecular formula is C18H25N3O3. The van der Waals surface area contributed by atoms with Crippen LogP contribution in [-0.2, 0) is 4.79 Å². The van der Waals surface area contributed by atoms with Crippen LogP contribution in [0.4, 0.5) is 5.82 Å². The standard InChI is InChI=1S/C18H25N3O3/c1-2-3-8-15(18(23)24)20-17(22)14-9-10-16(19-13-14)21-11-6-4-5-7-12-21/h2-3,9-10,13,15H,4-8,11-12H2,1H3,(H,20,22)(H,23,24)/b3-2+. The summed E-state index contributed by atoms with van der Waals surface area (Å²) in [6, 6.07) is 2.61. The van der Waals surface area contributed by atoms with E-state index >= 15 is 0 Å². The molecule has 1 amide bonds. The number of carboxylic acid groups (broad SMARTS) is 1. The van der Waals surface area contributed by atoms with E-state index in [0.717, 1.165) is 31.7 Å². The maximum atomic E-state index is 12.2. The summed E-state index contributed by atoms with van der Waals surface area (Å²) in [7, 11) is 0. The third-order valence-electron chi connectivity index (χ3n) is 4.15. The predicted octanol–water partition coefficient (Wildman–Crippen LogP) is 2.61. The average Bonchev–Trinajstić information content (AvgIpc) is 2.87. The monoisotopic (exact) mass is 331 g/mol. The van der Waals surface area contributed by atoms with Crippen molar-refractivity contribution < 1.29 is 14.7 Å². The molecule has 0 bridgehead atoms. The van der Waals surface area contributed by atoms with Crippen LogP contribution in [0.25, 0.3) is 0 Å². The van der Waals surface area contributed by atoms with Crippen molar-refractivity contribution in [3.05, 3.63) is 36.0 Å². The number of allylic oxidation sites excluding steroid dienone is 1. The quantitative estimate of drug-likeness (QED) is 0.783. The van der Waals surface area contributed by atoms with Crippen molar-refractivity contribution >= 4 is 17.7 Å². The van der Waals surface area contributed by atoms with Gasteiger partial charge in [-0.2, -0.15) is 0 Å². The maximum absolute atomic E-state index is 12.2. The van der Waals surface area contributed by atoms with Crippen LogP contribution in [-0.4, -0.2) is 41.1 Å². The second-order valence-corrected chi connectivity index (χ2v) is 5.98. The Kier molecular flexibility index (Phi) is 6.78. The molecule has 1 atom stereocenters. The Morgan fingerprint density at radius 2 is 2.00 bits per heavy atom. The van der Waals surface area contributed by atoms with Crippen molar-refractivity contribution in [2.75, 3.05) is 18.0 Å². The van der Waals surface area contributed by atoms with Gasteiger partial charge < -0.3 is 15.3 Å². The molecule has 0 spiro atoms. The molecule has 2 rings (SSSR count). The third kappa shape index (κ3) is 5.08. The van der Waals surface area contributed by atoms with E-state index in [-0.39, 0.29) is 6.42 Å². The summed E-state index contributed by atoms with van der Waals surface area (Å²) < 4.78 is 0. The number of amides is 1. The van der Waals surface area contributed by atoms with Crippen molar-refractivity contribution in [2.24, 2.45) is 0 Å². The van der Waals surface area contributed by atoms with Gasteiger partial charge in [-0.3, -0.25) is 4.79 Å². The summed E-state index contributed by atoms with van der Waals surface area (Å²) in [6.07, 6.45) is 10.1. The molecule has 1 saturated heterocycles. The number of nitrogens with zero attached hydrogens (tertiary/aromatic N) is 2. The molecular weight excluding hydrogens is 306 g/mol. The van der Waals surface area contributed by atoms with Gasteiger partial charge in [-0.05, 0) is 38.3 Å². The molecule has 1 aliphatic heterocycles. The smallest absolute Gasteiger partial charge is 0.326 e. The fourth-order valence-corrected chi connectivity index (χ4v) is 2.74. The zero-order valence-electron chi connectivity index (χ0n) is 14.1. The molecule has 0 saturated carbocycles. The Labute approximate surface area is 142 Å². The van der Waals surface area contributed by atoms with Gasteiger partial charge in [0.1, 0.15) is 11.9 Å². The van der Waals surface area contributed by atoms with Crippen molar-refractivity contribution in [3.8, 4) is 0 Å². The molecule has 1 unspecified atom stereocenters. The molecule has 1 aromatic rings. The SMILES string of the molecule is C/C=C/CC(NC(=O)c1ccc(N2CCCCCC2)nc1)C(=O)O. The van der Waals surface area contributed by atoms with Gasteiger partial charge in [0, 0.05) is 19.3 Å². The van der Waals surface area contributed by atoms with Crippen LogP contribution in [0.2, 0.25) is 0 Å². The molecule has 0 aliphatic carbocycles. The Morgan fingerprint density at radius 3 is 2.54 bits per heavy atom. The number of pyridine rings is 1. The molecule has 1 fully saturated rings. The lowest BCUT2D eigenvalue weighted by molar-refractivity contribution is -0.139. The molecule has 2 N–H and O–H groups in total. The van der Waals surface area contributed by atoms with Crippen molar-refractivity contribution in [1.29, 1.82) is 0 Å². The number of carbonyl (C=O) groups excluding carboxylic acids is 1. The van der Waals surface area contributed by atoms with Crippen LogP contribution in [0.5, 0.6) is 0 Å². The maximum Gasteiger partial charge on any atom is 0.326 e. The van der Waals surface area contributed by atoms with E-state index in [9.17, 15) is 9.59 Å². The largest absolute Gasteiger partial charge is 0.480 e. The fraction of sp³-hybridized carbons (Fsp3) is 0.500. The number of rotatable bonds is 6. The summed E-state index contributed by atoms with van der Waals surface area (Å²) in [6.45, 7) is 3.79. The fourth-order valence-electron chi connectivity index (χ4n) is 2.74. The van der Waals surface area contributed by atoms with E-state index in [2.05, 4.69) is 15.2 Å². The highest BCUT2D eigenvalue weighted by molar-refractivity contribution is 5.96. The highest BCUT2D eigenvalue weighted by Gasteiger charge is 2.20. The minimum Gasteiger partial charge on any atom is -0.480 e. The van der Waals surface area contributed by atoms with E-state index < -0.39 is 17.9 Å². The number of carbonyl (C=O) groups is 2. The Hall–Kier alpha value is -2.37. The summed E-state index contributed by atoms with van der Waals surface area (Å²) >= 11 is 0. The van der Waals surface area contributed by atoms with Crippen LogP contribution in [0.15, 0.2) is 30.5 Å². The Balaban J connectivity index is 2.00. The average molecular weight is 331 g/mol. The Bertz CT molecular complexity index is 576. The third-order valence-corrected chi connectivity index (χ3v) is 4.15. The number of aromatic nitrogens is 1. The van der Waals surface area contributed by atoms with Crippen LogP contribution < -0.4 is 10.2 Å². The minimum absolute atomic E-state index is 0.261. The van der Waals surface area contributed by atoms with Crippen molar-refractivity contribution in [2.45, 2.75) is 45.1 Å². The zero-order valence-corrected chi connectivity index (χ0v) is 14.1. The summed E-state index contributed by atoms with van der Waals surface area (Å²) in [4.78, 5) is 30.0. The second kappa shape index (κ2) is 9.05. The lowest BCUT2D eigenvalue weighted by atomic mass is 10.1. The van der Waals surface area contributed by atoms with E-state index in [4.69, 9.17) is 5.11 Å². The molecule has 24 heavy (non-hydrogen) atoms. The van der Waals surface area contributed by atoms with E-state index in [1.54, 1.807) is 18.2 Å². The Morgan fingerprint density at radius 1 is 1.29 bits per heavy atom. The molecule has 1 aliphatic rings. The van der Waals surface area contributed by atoms with Gasteiger partial charge in [0.2, 0.25) is 0 Å². The van der Waals surface area contributed by atoms with E-state index in [0.29, 0.717) is 5.56 Å². The van der Waals surface area contributed by atoms with Crippen LogP contribution in [0, 0.1) is 0 Å². The predicted molar refractivity (Wildman–Crippen MR) is 93.2 cm³/mol. The minimum atomic E-state index is -1.05. The zero-order chi connectivity index (χ0) is 17.4. The van der Waals surface area contributed by atoms with Gasteiger partial charge in [-0.25, -0.2) is 9.78 Å². The number of nitrogens with one attached hydrogen (secondary N) is 1. The first kappa shape index (κ1) is 18.0. The van der Waals surface area contributed by atoms with Gasteiger partial charge in [0.05, 0.1) is 5.56 Å². The molecule has 130 valence electrons. The van der Waals surface area contributed by atoms with E-state index in [1.165, 1.54) is 19.0 Å². The van der Waals surface area contributed by atoms with Crippen LogP contribution >= 0.6 is 0 Å². The number of anilines is 1. The highest BCUT2D eigenvalue weighted by Crippen LogP contribution is 2.17. The number of aliphatic carboxylic acids is 1. The summed E-state index contributed by atoms with van der Waals surface area (Å²) in [5.41, 5.74) is 0.375. The summed E-state index contributed by atoms with van der Waals surface area (Å²) in [5, 5.41) is 11.7. The first-order valence-corrected chi connectivity index (χ1v) is 8.47. The lowest BCUT2D eigenvalue weighted by Gasteiger charge is -2.21. The molecule has 6 heteroatoms. The number of hydrogen-bond acceptors (Lipinski definition) is 4. The van der Waals surface area contributed by atoms with E-state index in [1.807, 2.05) is 13.0 Å². The van der Waals surface area contributed by atoms with Crippen LogP contribution in [0.1, 0.15) is 49.4 Å². The van der Waals surface area contributed by atoms with Crippen molar-refractivity contribution in [3.63, 3.8) is 0 Å². The van der Waals surface area contributed by atoms with Crippen LogP contribution in [0.3, 0.4) is 0 Å². The molecule has 0 aromatic carbocycles. The second-order valence-electron chi connectivity index (χ2n) is 5.98. The van der Waals surface area contributed by atoms with Gasteiger partial charge in [0.25, 0.3) is 5.91 Å². The number of hydrogen-bond donors (Lipinski definition) is 2. The molecule has 2 heterocycles. The first-order chi connectivity index (χ1) is 11.6. The highest BCUT2D eigenvalue weighted by atomic mass is 16.4. The van der Waals surface area contributed by atoms with Gasteiger partial charge >= 0.3 is 5.97 Å². The molecule has 0 radical (unpaired) electrons. The normalized spacial score (nSPS) is 16.6. The van der Waals surface area contributed by atoms with Gasteiger partial charge in [-0.15, -0.1) is 0 Å². The van der Waals surface area contributed by atoms with Gasteiger partial charge in [0.15, 0.2) is 0 Å². The molecule has 1 aromatic heterocycles.